The molecule has 0 aromatic heterocycles. The zero-order valence-corrected chi connectivity index (χ0v) is 15.9. The number of aryl methyl sites for hydroxylation is 2. The van der Waals surface area contributed by atoms with Gasteiger partial charge in [0.05, 0.1) is 0 Å². The van der Waals surface area contributed by atoms with Crippen LogP contribution in [0.2, 0.25) is 0 Å². The lowest BCUT2D eigenvalue weighted by atomic mass is 9.91. The number of halogens is 1. The number of hydrogen-bond donors (Lipinski definition) is 1. The van der Waals surface area contributed by atoms with Gasteiger partial charge in [0.15, 0.2) is 0 Å². The van der Waals surface area contributed by atoms with Gasteiger partial charge in [0.25, 0.3) is 0 Å². The maximum absolute atomic E-state index is 13.9. The third-order valence-corrected chi connectivity index (χ3v) is 6.00. The summed E-state index contributed by atoms with van der Waals surface area (Å²) in [5.41, 5.74) is 10.5. The Morgan fingerprint density at radius 2 is 1.75 bits per heavy atom. The first-order valence-electron chi connectivity index (χ1n) is 9.79. The highest BCUT2D eigenvalue weighted by Crippen LogP contribution is 2.39. The summed E-state index contributed by atoms with van der Waals surface area (Å²) in [7, 11) is 0. The average molecular weight is 367 g/mol. The summed E-state index contributed by atoms with van der Waals surface area (Å²) in [6, 6.07) is 20.2. The van der Waals surface area contributed by atoms with E-state index in [-0.39, 0.29) is 5.82 Å². The fraction of sp³-hybridized carbons (Fsp3) is 0.154. The van der Waals surface area contributed by atoms with Crippen LogP contribution in [0.5, 0.6) is 0 Å². The summed E-state index contributed by atoms with van der Waals surface area (Å²) in [5.74, 6) is 0.164. The van der Waals surface area contributed by atoms with E-state index in [9.17, 15) is 4.39 Å². The van der Waals surface area contributed by atoms with Crippen LogP contribution in [-0.4, -0.2) is 0 Å². The van der Waals surface area contributed by atoms with E-state index < -0.39 is 0 Å². The predicted molar refractivity (Wildman–Crippen MR) is 115 cm³/mol. The smallest absolute Gasteiger partial charge is 0.123 e. The molecule has 138 valence electrons. The second-order valence-corrected chi connectivity index (χ2v) is 7.74. The van der Waals surface area contributed by atoms with Crippen LogP contribution in [0.1, 0.15) is 46.2 Å². The number of nitrogens with one attached hydrogen (secondary N) is 1. The molecule has 5 rings (SSSR count). The molecular weight excluding hydrogens is 345 g/mol. The van der Waals surface area contributed by atoms with Crippen molar-refractivity contribution >= 4 is 17.3 Å². The van der Waals surface area contributed by atoms with E-state index in [0.717, 1.165) is 46.5 Å². The van der Waals surface area contributed by atoms with Crippen molar-refractivity contribution in [1.82, 2.24) is 0 Å². The minimum Gasteiger partial charge on any atom is -0.359 e. The number of anilines is 1. The molecule has 3 aromatic rings. The summed E-state index contributed by atoms with van der Waals surface area (Å²) in [5, 5.41) is 3.41. The highest BCUT2D eigenvalue weighted by molar-refractivity contribution is 5.94. The van der Waals surface area contributed by atoms with Gasteiger partial charge in [0.1, 0.15) is 5.82 Å². The third kappa shape index (κ3) is 2.77. The molecule has 0 spiro atoms. The van der Waals surface area contributed by atoms with Crippen molar-refractivity contribution in [3.8, 4) is 0 Å². The van der Waals surface area contributed by atoms with E-state index in [1.807, 2.05) is 6.07 Å². The van der Waals surface area contributed by atoms with Crippen LogP contribution in [0, 0.1) is 5.82 Å². The number of benzene rings is 3. The molecule has 0 saturated carbocycles. The lowest BCUT2D eigenvalue weighted by molar-refractivity contribution is 0.625. The van der Waals surface area contributed by atoms with Crippen molar-refractivity contribution in [3.63, 3.8) is 0 Å². The first-order chi connectivity index (χ1) is 13.6. The summed E-state index contributed by atoms with van der Waals surface area (Å²) < 4.78 is 13.9. The SMILES string of the molecule is C=C1Nc2cc(/C=C3\c4ccccc4CCc4cc(F)ccc43)ccc2C1C. The van der Waals surface area contributed by atoms with Crippen LogP contribution in [0.15, 0.2) is 72.9 Å². The van der Waals surface area contributed by atoms with E-state index in [2.05, 4.69) is 67.4 Å². The molecule has 1 aliphatic carbocycles. The van der Waals surface area contributed by atoms with Gasteiger partial charge in [0.2, 0.25) is 0 Å². The van der Waals surface area contributed by atoms with Crippen molar-refractivity contribution in [2.75, 3.05) is 5.32 Å². The Labute approximate surface area is 165 Å². The minimum absolute atomic E-state index is 0.168. The van der Waals surface area contributed by atoms with Gasteiger partial charge in [-0.05, 0) is 76.1 Å². The first-order valence-corrected chi connectivity index (χ1v) is 9.79. The fourth-order valence-electron chi connectivity index (χ4n) is 4.39. The number of allylic oxidation sites excluding steroid dienone is 1. The highest BCUT2D eigenvalue weighted by Gasteiger charge is 2.22. The van der Waals surface area contributed by atoms with Gasteiger partial charge in [0, 0.05) is 17.3 Å². The van der Waals surface area contributed by atoms with Crippen molar-refractivity contribution in [1.29, 1.82) is 0 Å². The lowest BCUT2D eigenvalue weighted by Gasteiger charge is -2.13. The van der Waals surface area contributed by atoms with Gasteiger partial charge in [-0.15, -0.1) is 0 Å². The second-order valence-electron chi connectivity index (χ2n) is 7.74. The maximum Gasteiger partial charge on any atom is 0.123 e. The molecule has 0 radical (unpaired) electrons. The first kappa shape index (κ1) is 17.0. The Morgan fingerprint density at radius 1 is 0.964 bits per heavy atom. The van der Waals surface area contributed by atoms with Crippen LogP contribution in [-0.2, 0) is 12.8 Å². The van der Waals surface area contributed by atoms with E-state index in [0.29, 0.717) is 5.92 Å². The molecule has 0 saturated heterocycles. The molecule has 1 unspecified atom stereocenters. The number of fused-ring (bicyclic) bond motifs is 3. The molecule has 0 bridgehead atoms. The zero-order valence-electron chi connectivity index (χ0n) is 15.9. The Bertz CT molecular complexity index is 1140. The van der Waals surface area contributed by atoms with Crippen molar-refractivity contribution in [3.05, 3.63) is 112 Å². The molecule has 2 heteroatoms. The summed E-state index contributed by atoms with van der Waals surface area (Å²) in [6.07, 6.45) is 4.01. The van der Waals surface area contributed by atoms with E-state index in [4.69, 9.17) is 0 Å². The molecule has 1 N–H and O–H groups in total. The zero-order chi connectivity index (χ0) is 19.3. The molecule has 3 aromatic carbocycles. The summed E-state index contributed by atoms with van der Waals surface area (Å²) in [4.78, 5) is 0. The standard InChI is InChI=1S/C26H22FN/c1-16-17(2)28-26-14-18(7-11-22(16)26)13-25-23-6-4-3-5-19(23)8-9-20-15-21(27)10-12-24(20)25/h3-7,10-16,28H,2,8-9H2,1H3/b25-13+. The van der Waals surface area contributed by atoms with Crippen LogP contribution >= 0.6 is 0 Å². The lowest BCUT2D eigenvalue weighted by Crippen LogP contribution is -1.94. The van der Waals surface area contributed by atoms with Crippen molar-refractivity contribution in [2.24, 2.45) is 0 Å². The van der Waals surface area contributed by atoms with Crippen LogP contribution in [0.3, 0.4) is 0 Å². The molecule has 1 atom stereocenters. The van der Waals surface area contributed by atoms with Gasteiger partial charge in [-0.2, -0.15) is 0 Å². The van der Waals surface area contributed by atoms with E-state index in [1.165, 1.54) is 16.7 Å². The minimum atomic E-state index is -0.168. The normalized spacial score (nSPS) is 18.9. The Kier molecular flexibility index (Phi) is 3.94. The molecule has 1 nitrogen and oxygen atoms in total. The molecule has 28 heavy (non-hydrogen) atoms. The Morgan fingerprint density at radius 3 is 2.64 bits per heavy atom. The molecule has 0 fully saturated rings. The molecule has 1 heterocycles. The van der Waals surface area contributed by atoms with Gasteiger partial charge in [-0.25, -0.2) is 4.39 Å². The van der Waals surface area contributed by atoms with Crippen LogP contribution < -0.4 is 5.32 Å². The molecule has 1 aliphatic heterocycles. The highest BCUT2D eigenvalue weighted by atomic mass is 19.1. The van der Waals surface area contributed by atoms with E-state index >= 15 is 0 Å². The van der Waals surface area contributed by atoms with Gasteiger partial charge in [-0.3, -0.25) is 0 Å². The third-order valence-electron chi connectivity index (χ3n) is 6.00. The van der Waals surface area contributed by atoms with E-state index in [1.54, 1.807) is 12.1 Å². The van der Waals surface area contributed by atoms with Crippen molar-refractivity contribution in [2.45, 2.75) is 25.7 Å². The maximum atomic E-state index is 13.9. The van der Waals surface area contributed by atoms with Crippen LogP contribution in [0.4, 0.5) is 10.1 Å². The Balaban J connectivity index is 1.69. The Hall–Kier alpha value is -3.13. The van der Waals surface area contributed by atoms with Gasteiger partial charge < -0.3 is 5.32 Å². The average Bonchev–Trinajstić information content (AvgIpc) is 2.89. The second kappa shape index (κ2) is 6.49. The largest absolute Gasteiger partial charge is 0.359 e. The molecule has 0 amide bonds. The van der Waals surface area contributed by atoms with Crippen LogP contribution in [0.25, 0.3) is 11.6 Å². The molecular formula is C26H22FN. The molecule has 2 aliphatic rings. The number of hydrogen-bond acceptors (Lipinski definition) is 1. The predicted octanol–water partition coefficient (Wildman–Crippen LogP) is 6.56. The summed E-state index contributed by atoms with van der Waals surface area (Å²) >= 11 is 0. The quantitative estimate of drug-likeness (QED) is 0.514. The number of rotatable bonds is 1. The topological polar surface area (TPSA) is 12.0 Å². The monoisotopic (exact) mass is 367 g/mol. The fourth-order valence-corrected chi connectivity index (χ4v) is 4.39. The summed E-state index contributed by atoms with van der Waals surface area (Å²) in [6.45, 7) is 6.29. The van der Waals surface area contributed by atoms with Crippen molar-refractivity contribution < 1.29 is 4.39 Å². The van der Waals surface area contributed by atoms with Gasteiger partial charge >= 0.3 is 0 Å². The van der Waals surface area contributed by atoms with Gasteiger partial charge in [-0.1, -0.05) is 56.0 Å².